The summed E-state index contributed by atoms with van der Waals surface area (Å²) in [5.74, 6) is -3.37. The van der Waals surface area contributed by atoms with Crippen molar-refractivity contribution in [2.24, 2.45) is 0 Å². The molecule has 0 radical (unpaired) electrons. The number of rotatable bonds is 3. The van der Waals surface area contributed by atoms with Gasteiger partial charge < -0.3 is 10.2 Å². The maximum absolute atomic E-state index is 13.2. The average Bonchev–Trinajstić information content (AvgIpc) is 3.08. The average molecular weight is 348 g/mol. The van der Waals surface area contributed by atoms with Crippen LogP contribution >= 0.6 is 0 Å². The first-order valence-electron chi connectivity index (χ1n) is 7.78. The molecule has 3 rings (SSSR count). The topological polar surface area (TPSA) is 49.4 Å². The van der Waals surface area contributed by atoms with Crippen LogP contribution < -0.4 is 5.32 Å². The van der Waals surface area contributed by atoms with Crippen molar-refractivity contribution in [1.82, 2.24) is 4.90 Å². The zero-order valence-corrected chi connectivity index (χ0v) is 13.1. The summed E-state index contributed by atoms with van der Waals surface area (Å²) in [5, 5.41) is 2.50. The van der Waals surface area contributed by atoms with Crippen LogP contribution in [0.5, 0.6) is 0 Å². The molecule has 1 fully saturated rings. The monoisotopic (exact) mass is 348 g/mol. The lowest BCUT2D eigenvalue weighted by atomic mass is 10.1. The lowest BCUT2D eigenvalue weighted by Crippen LogP contribution is -2.43. The summed E-state index contributed by atoms with van der Waals surface area (Å²) in [6.45, 7) is 0.395. The Kier molecular flexibility index (Phi) is 4.74. The second kappa shape index (κ2) is 6.96. The molecule has 1 heterocycles. The van der Waals surface area contributed by atoms with Gasteiger partial charge >= 0.3 is 0 Å². The number of nitrogens with one attached hydrogen (secondary N) is 1. The second-order valence-corrected chi connectivity index (χ2v) is 5.78. The predicted molar refractivity (Wildman–Crippen MR) is 85.4 cm³/mol. The van der Waals surface area contributed by atoms with Gasteiger partial charge in [-0.15, -0.1) is 0 Å². The second-order valence-electron chi connectivity index (χ2n) is 5.78. The van der Waals surface area contributed by atoms with Crippen molar-refractivity contribution in [3.05, 3.63) is 65.5 Å². The van der Waals surface area contributed by atoms with Gasteiger partial charge in [-0.1, -0.05) is 0 Å². The molecule has 0 aromatic heterocycles. The van der Waals surface area contributed by atoms with Crippen molar-refractivity contribution in [2.75, 3.05) is 11.9 Å². The van der Waals surface area contributed by atoms with Crippen molar-refractivity contribution in [1.29, 1.82) is 0 Å². The Morgan fingerprint density at radius 2 is 1.72 bits per heavy atom. The molecule has 0 aliphatic carbocycles. The third-order valence-corrected chi connectivity index (χ3v) is 4.09. The summed E-state index contributed by atoms with van der Waals surface area (Å²) in [5.41, 5.74) is 0.402. The third kappa shape index (κ3) is 3.65. The minimum absolute atomic E-state index is 0.116. The zero-order chi connectivity index (χ0) is 18.0. The van der Waals surface area contributed by atoms with Crippen LogP contribution in [0, 0.1) is 17.5 Å². The van der Waals surface area contributed by atoms with E-state index in [1.807, 2.05) is 0 Å². The van der Waals surface area contributed by atoms with Crippen molar-refractivity contribution in [2.45, 2.75) is 18.9 Å². The summed E-state index contributed by atoms with van der Waals surface area (Å²) in [4.78, 5) is 26.4. The lowest BCUT2D eigenvalue weighted by Gasteiger charge is -2.24. The van der Waals surface area contributed by atoms with E-state index in [0.717, 1.165) is 12.1 Å². The molecule has 25 heavy (non-hydrogen) atoms. The number of halogens is 3. The van der Waals surface area contributed by atoms with Gasteiger partial charge in [-0.3, -0.25) is 9.59 Å². The Hall–Kier alpha value is -2.83. The van der Waals surface area contributed by atoms with E-state index in [-0.39, 0.29) is 17.2 Å². The van der Waals surface area contributed by atoms with E-state index in [0.29, 0.717) is 19.4 Å². The van der Waals surface area contributed by atoms with Gasteiger partial charge in [-0.05, 0) is 49.2 Å². The minimum atomic E-state index is -1.07. The van der Waals surface area contributed by atoms with Gasteiger partial charge in [0.2, 0.25) is 5.91 Å². The Balaban J connectivity index is 1.74. The standard InChI is InChI=1S/C18H15F3N2O2/c19-12-5-3-11(4-6-12)18(25)23-9-1-2-16(23)17(24)22-13-7-8-14(20)15(21)10-13/h3-8,10,16H,1-2,9H2,(H,22,24)/t16-/m1/s1. The molecule has 0 spiro atoms. The fraction of sp³-hybridized carbons (Fsp3) is 0.222. The third-order valence-electron chi connectivity index (χ3n) is 4.09. The summed E-state index contributed by atoms with van der Waals surface area (Å²) < 4.78 is 39.2. The van der Waals surface area contributed by atoms with E-state index < -0.39 is 29.4 Å². The molecule has 7 heteroatoms. The number of carbonyl (C=O) groups excluding carboxylic acids is 2. The van der Waals surface area contributed by atoms with E-state index in [2.05, 4.69) is 5.32 Å². The summed E-state index contributed by atoms with van der Waals surface area (Å²) in [7, 11) is 0. The summed E-state index contributed by atoms with van der Waals surface area (Å²) in [6, 6.07) is 7.41. The number of anilines is 1. The molecule has 0 saturated carbocycles. The number of hydrogen-bond donors (Lipinski definition) is 1. The number of likely N-dealkylation sites (tertiary alicyclic amines) is 1. The Bertz CT molecular complexity index is 808. The van der Waals surface area contributed by atoms with Crippen molar-refractivity contribution >= 4 is 17.5 Å². The Morgan fingerprint density at radius 1 is 1.00 bits per heavy atom. The largest absolute Gasteiger partial charge is 0.327 e. The number of nitrogens with zero attached hydrogens (tertiary/aromatic N) is 1. The maximum atomic E-state index is 13.2. The number of amides is 2. The normalized spacial score (nSPS) is 16.8. The van der Waals surface area contributed by atoms with Gasteiger partial charge in [0.15, 0.2) is 11.6 Å². The molecular formula is C18H15F3N2O2. The summed E-state index contributed by atoms with van der Waals surface area (Å²) >= 11 is 0. The van der Waals surface area contributed by atoms with Crippen LogP contribution in [-0.2, 0) is 4.79 Å². The Morgan fingerprint density at radius 3 is 2.40 bits per heavy atom. The molecule has 2 amide bonds. The summed E-state index contributed by atoms with van der Waals surface area (Å²) in [6.07, 6.45) is 1.10. The quantitative estimate of drug-likeness (QED) is 0.925. The minimum Gasteiger partial charge on any atom is -0.327 e. The molecule has 1 N–H and O–H groups in total. The first-order chi connectivity index (χ1) is 12.0. The zero-order valence-electron chi connectivity index (χ0n) is 13.1. The molecule has 0 bridgehead atoms. The van der Waals surface area contributed by atoms with E-state index >= 15 is 0 Å². The smallest absolute Gasteiger partial charge is 0.254 e. The Labute approximate surface area is 142 Å². The molecule has 1 atom stereocenters. The van der Waals surface area contributed by atoms with Gasteiger partial charge in [-0.2, -0.15) is 0 Å². The SMILES string of the molecule is O=C(Nc1ccc(F)c(F)c1)[C@H]1CCCN1C(=O)c1ccc(F)cc1. The van der Waals surface area contributed by atoms with Crippen molar-refractivity contribution < 1.29 is 22.8 Å². The fourth-order valence-electron chi connectivity index (χ4n) is 2.84. The van der Waals surface area contributed by atoms with Crippen molar-refractivity contribution in [3.8, 4) is 0 Å². The van der Waals surface area contributed by atoms with Crippen LogP contribution in [0.2, 0.25) is 0 Å². The van der Waals surface area contributed by atoms with Crippen LogP contribution in [0.25, 0.3) is 0 Å². The van der Waals surface area contributed by atoms with Crippen molar-refractivity contribution in [3.63, 3.8) is 0 Å². The molecular weight excluding hydrogens is 333 g/mol. The van der Waals surface area contributed by atoms with E-state index in [1.165, 1.54) is 35.2 Å². The number of benzene rings is 2. The molecule has 1 aliphatic heterocycles. The van der Waals surface area contributed by atoms with E-state index in [4.69, 9.17) is 0 Å². The van der Waals surface area contributed by atoms with Gasteiger partial charge in [0.1, 0.15) is 11.9 Å². The highest BCUT2D eigenvalue weighted by Crippen LogP contribution is 2.22. The highest BCUT2D eigenvalue weighted by atomic mass is 19.2. The first kappa shape index (κ1) is 17.0. The molecule has 4 nitrogen and oxygen atoms in total. The van der Waals surface area contributed by atoms with Gasteiger partial charge in [0.25, 0.3) is 5.91 Å². The van der Waals surface area contributed by atoms with E-state index in [9.17, 15) is 22.8 Å². The molecule has 0 unspecified atom stereocenters. The van der Waals surface area contributed by atoms with Gasteiger partial charge in [-0.25, -0.2) is 13.2 Å². The molecule has 1 aliphatic rings. The van der Waals surface area contributed by atoms with Crippen LogP contribution in [0.1, 0.15) is 23.2 Å². The predicted octanol–water partition coefficient (Wildman–Crippen LogP) is 3.35. The van der Waals surface area contributed by atoms with Crippen LogP contribution in [-0.4, -0.2) is 29.3 Å². The molecule has 1 saturated heterocycles. The molecule has 2 aromatic carbocycles. The first-order valence-corrected chi connectivity index (χ1v) is 7.78. The van der Waals surface area contributed by atoms with E-state index in [1.54, 1.807) is 0 Å². The number of hydrogen-bond acceptors (Lipinski definition) is 2. The van der Waals surface area contributed by atoms with Crippen LogP contribution in [0.4, 0.5) is 18.9 Å². The number of carbonyl (C=O) groups is 2. The van der Waals surface area contributed by atoms with Gasteiger partial charge in [0.05, 0.1) is 0 Å². The highest BCUT2D eigenvalue weighted by molar-refractivity contribution is 6.01. The van der Waals surface area contributed by atoms with Crippen LogP contribution in [0.3, 0.4) is 0 Å². The molecule has 2 aromatic rings. The lowest BCUT2D eigenvalue weighted by molar-refractivity contribution is -0.119. The maximum Gasteiger partial charge on any atom is 0.254 e. The highest BCUT2D eigenvalue weighted by Gasteiger charge is 2.34. The molecule has 130 valence electrons. The van der Waals surface area contributed by atoms with Gasteiger partial charge in [0, 0.05) is 23.9 Å². The van der Waals surface area contributed by atoms with Crippen LogP contribution in [0.15, 0.2) is 42.5 Å². The fourth-order valence-corrected chi connectivity index (χ4v) is 2.84.